The van der Waals surface area contributed by atoms with Crippen LogP contribution in [0.2, 0.25) is 0 Å². The molecule has 0 radical (unpaired) electrons. The predicted molar refractivity (Wildman–Crippen MR) is 68.0 cm³/mol. The average molecular weight is 237 g/mol. The van der Waals surface area contributed by atoms with Gasteiger partial charge >= 0.3 is 0 Å². The molecule has 2 rings (SSSR count). The first kappa shape index (κ1) is 11.8. The van der Waals surface area contributed by atoms with Crippen LogP contribution in [0.3, 0.4) is 0 Å². The Kier molecular flexibility index (Phi) is 3.31. The van der Waals surface area contributed by atoms with Crippen LogP contribution >= 0.6 is 0 Å². The Bertz CT molecular complexity index is 646. The van der Waals surface area contributed by atoms with Crippen LogP contribution in [0.4, 0.5) is 0 Å². The predicted octanol–water partition coefficient (Wildman–Crippen LogP) is 3.55. The first-order valence-electron chi connectivity index (χ1n) is 5.53. The minimum Gasteiger partial charge on any atom is -0.456 e. The molecule has 0 aromatic carbocycles. The number of nitrogens with zero attached hydrogens (tertiary/aromatic N) is 3. The maximum Gasteiger partial charge on any atom is 0.265 e. The summed E-state index contributed by atoms with van der Waals surface area (Å²) in [6, 6.07) is 9.33. The molecule has 0 spiro atoms. The molecule has 0 saturated heterocycles. The fourth-order valence-corrected chi connectivity index (χ4v) is 1.71. The van der Waals surface area contributed by atoms with E-state index in [0.29, 0.717) is 5.76 Å². The minimum atomic E-state index is 0.0155. The van der Waals surface area contributed by atoms with Crippen LogP contribution in [0.5, 0.6) is 0 Å². The lowest BCUT2D eigenvalue weighted by molar-refractivity contribution is 0.563. The van der Waals surface area contributed by atoms with Gasteiger partial charge in [-0.3, -0.25) is 0 Å². The van der Waals surface area contributed by atoms with E-state index in [9.17, 15) is 0 Å². The second kappa shape index (κ2) is 5.07. The molecule has 0 unspecified atom stereocenters. The van der Waals surface area contributed by atoms with E-state index in [4.69, 9.17) is 16.3 Å². The van der Waals surface area contributed by atoms with Gasteiger partial charge in [-0.05, 0) is 37.3 Å². The molecule has 0 fully saturated rings. The standard InChI is InChI=1S/C14H11N3O/c1-3-17-8-4-5-13(17)14-7-6-12(18-14)9-11(10-15)16-2/h4-9H,3H2,1H3/b11-9-. The van der Waals surface area contributed by atoms with E-state index < -0.39 is 0 Å². The van der Waals surface area contributed by atoms with Gasteiger partial charge in [0.05, 0.1) is 18.3 Å². The molecule has 4 nitrogen and oxygen atoms in total. The smallest absolute Gasteiger partial charge is 0.265 e. The second-order valence-corrected chi connectivity index (χ2v) is 3.63. The zero-order valence-electron chi connectivity index (χ0n) is 9.92. The molecular formula is C14H11N3O. The van der Waals surface area contributed by atoms with Gasteiger partial charge < -0.3 is 8.98 Å². The van der Waals surface area contributed by atoms with Crippen molar-refractivity contribution in [1.82, 2.24) is 4.57 Å². The first-order chi connectivity index (χ1) is 8.78. The van der Waals surface area contributed by atoms with E-state index in [-0.39, 0.29) is 5.70 Å². The minimum absolute atomic E-state index is 0.0155. The van der Waals surface area contributed by atoms with Gasteiger partial charge in [0, 0.05) is 12.7 Å². The molecule has 0 amide bonds. The van der Waals surface area contributed by atoms with Crippen molar-refractivity contribution in [3.05, 3.63) is 53.3 Å². The van der Waals surface area contributed by atoms with Crippen LogP contribution in [0.1, 0.15) is 12.7 Å². The summed E-state index contributed by atoms with van der Waals surface area (Å²) >= 11 is 0. The molecule has 0 bridgehead atoms. The molecule has 88 valence electrons. The third-order valence-corrected chi connectivity index (χ3v) is 2.56. The number of hydrogen-bond donors (Lipinski definition) is 0. The highest BCUT2D eigenvalue weighted by Crippen LogP contribution is 2.24. The molecular weight excluding hydrogens is 226 g/mol. The van der Waals surface area contributed by atoms with Crippen molar-refractivity contribution in [2.24, 2.45) is 0 Å². The quantitative estimate of drug-likeness (QED) is 0.605. The normalized spacial score (nSPS) is 10.9. The van der Waals surface area contributed by atoms with Gasteiger partial charge in [-0.25, -0.2) is 10.1 Å². The van der Waals surface area contributed by atoms with Gasteiger partial charge in [0.1, 0.15) is 5.76 Å². The van der Waals surface area contributed by atoms with Gasteiger partial charge in [0.25, 0.3) is 5.70 Å². The molecule has 0 aliphatic rings. The first-order valence-corrected chi connectivity index (χ1v) is 5.53. The summed E-state index contributed by atoms with van der Waals surface area (Å²) < 4.78 is 7.67. The lowest BCUT2D eigenvalue weighted by Gasteiger charge is -2.02. The molecule has 2 heterocycles. The zero-order chi connectivity index (χ0) is 13.0. The molecule has 18 heavy (non-hydrogen) atoms. The Morgan fingerprint density at radius 3 is 3.06 bits per heavy atom. The maximum atomic E-state index is 8.68. The number of hydrogen-bond acceptors (Lipinski definition) is 2. The summed E-state index contributed by atoms with van der Waals surface area (Å²) in [7, 11) is 0. The number of nitriles is 1. The van der Waals surface area contributed by atoms with Crippen LogP contribution < -0.4 is 0 Å². The Labute approximate surface area is 105 Å². The molecule has 0 saturated carbocycles. The van der Waals surface area contributed by atoms with E-state index in [2.05, 4.69) is 16.3 Å². The van der Waals surface area contributed by atoms with Crippen molar-refractivity contribution in [3.63, 3.8) is 0 Å². The van der Waals surface area contributed by atoms with Crippen molar-refractivity contribution in [3.8, 4) is 17.5 Å². The maximum absolute atomic E-state index is 8.68. The Balaban J connectivity index is 2.36. The third kappa shape index (κ3) is 2.18. The SMILES string of the molecule is [C-]#[N+]/C(C#N)=C\c1ccc(-c2cccn2CC)o1. The highest BCUT2D eigenvalue weighted by atomic mass is 16.3. The van der Waals surface area contributed by atoms with Crippen molar-refractivity contribution in [2.75, 3.05) is 0 Å². The van der Waals surface area contributed by atoms with Gasteiger partial charge in [-0.2, -0.15) is 0 Å². The fraction of sp³-hybridized carbons (Fsp3) is 0.143. The monoisotopic (exact) mass is 237 g/mol. The van der Waals surface area contributed by atoms with Crippen LogP contribution in [-0.4, -0.2) is 4.57 Å². The van der Waals surface area contributed by atoms with E-state index in [0.717, 1.165) is 18.0 Å². The number of aryl methyl sites for hydroxylation is 1. The van der Waals surface area contributed by atoms with E-state index >= 15 is 0 Å². The highest BCUT2D eigenvalue weighted by molar-refractivity contribution is 5.60. The Hall–Kier alpha value is -2.72. The number of allylic oxidation sites excluding steroid dienone is 1. The summed E-state index contributed by atoms with van der Waals surface area (Å²) in [6.45, 7) is 9.72. The Morgan fingerprint density at radius 1 is 1.56 bits per heavy atom. The summed E-state index contributed by atoms with van der Waals surface area (Å²) in [6.07, 6.45) is 3.42. The molecule has 0 aliphatic heterocycles. The average Bonchev–Trinajstić information content (AvgIpc) is 3.03. The van der Waals surface area contributed by atoms with E-state index in [1.165, 1.54) is 6.08 Å². The third-order valence-electron chi connectivity index (χ3n) is 2.56. The summed E-state index contributed by atoms with van der Waals surface area (Å²) in [5.74, 6) is 1.25. The molecule has 2 aromatic rings. The molecule has 2 aromatic heterocycles. The second-order valence-electron chi connectivity index (χ2n) is 3.63. The van der Waals surface area contributed by atoms with Gasteiger partial charge in [0.15, 0.2) is 5.76 Å². The van der Waals surface area contributed by atoms with Crippen molar-refractivity contribution in [2.45, 2.75) is 13.5 Å². The van der Waals surface area contributed by atoms with Crippen molar-refractivity contribution >= 4 is 6.08 Å². The van der Waals surface area contributed by atoms with Crippen molar-refractivity contribution < 1.29 is 4.42 Å². The van der Waals surface area contributed by atoms with E-state index in [1.807, 2.05) is 30.5 Å². The molecule has 0 atom stereocenters. The topological polar surface area (TPSA) is 46.2 Å². The van der Waals surface area contributed by atoms with E-state index in [1.54, 1.807) is 6.07 Å². The number of aromatic nitrogens is 1. The van der Waals surface area contributed by atoms with Crippen LogP contribution in [-0.2, 0) is 6.54 Å². The molecule has 0 aliphatic carbocycles. The number of furan rings is 1. The summed E-state index contributed by atoms with van der Waals surface area (Å²) in [5.41, 5.74) is 1.00. The lowest BCUT2D eigenvalue weighted by Crippen LogP contribution is -1.93. The Morgan fingerprint density at radius 2 is 2.39 bits per heavy atom. The van der Waals surface area contributed by atoms with Crippen LogP contribution in [0.25, 0.3) is 22.4 Å². The molecule has 4 heteroatoms. The highest BCUT2D eigenvalue weighted by Gasteiger charge is 2.07. The zero-order valence-corrected chi connectivity index (χ0v) is 9.92. The van der Waals surface area contributed by atoms with Gasteiger partial charge in [-0.15, -0.1) is 0 Å². The fourth-order valence-electron chi connectivity index (χ4n) is 1.71. The van der Waals surface area contributed by atoms with Crippen LogP contribution in [0.15, 0.2) is 40.6 Å². The van der Waals surface area contributed by atoms with Crippen LogP contribution in [0, 0.1) is 17.9 Å². The number of rotatable bonds is 3. The lowest BCUT2D eigenvalue weighted by atomic mass is 10.3. The largest absolute Gasteiger partial charge is 0.456 e. The van der Waals surface area contributed by atoms with Gasteiger partial charge in [-0.1, -0.05) is 0 Å². The summed E-state index contributed by atoms with van der Waals surface area (Å²) in [5, 5.41) is 8.68. The van der Waals surface area contributed by atoms with Gasteiger partial charge in [0.2, 0.25) is 0 Å². The van der Waals surface area contributed by atoms with Crippen molar-refractivity contribution in [1.29, 1.82) is 5.26 Å². The molecule has 0 N–H and O–H groups in total. The summed E-state index contributed by atoms with van der Waals surface area (Å²) in [4.78, 5) is 3.09.